The van der Waals surface area contributed by atoms with Crippen LogP contribution in [0.25, 0.3) is 0 Å². The van der Waals surface area contributed by atoms with Crippen molar-refractivity contribution >= 4 is 5.91 Å². The molecule has 14 nitrogen and oxygen atoms in total. The van der Waals surface area contributed by atoms with Crippen molar-refractivity contribution in [3.63, 3.8) is 0 Å². The van der Waals surface area contributed by atoms with Crippen molar-refractivity contribution in [2.45, 2.75) is 466 Å². The van der Waals surface area contributed by atoms with Gasteiger partial charge in [-0.25, -0.2) is 0 Å². The topological polar surface area (TPSA) is 228 Å². The summed E-state index contributed by atoms with van der Waals surface area (Å²) in [5, 5.41) is 87.8. The van der Waals surface area contributed by atoms with Crippen molar-refractivity contribution in [1.82, 2.24) is 5.32 Å². The number of hydrogen-bond acceptors (Lipinski definition) is 13. The lowest BCUT2D eigenvalue weighted by Crippen LogP contribution is -2.65. The fourth-order valence-electron chi connectivity index (χ4n) is 14.2. The summed E-state index contributed by atoms with van der Waals surface area (Å²) in [5.74, 6) is -0.231. The van der Waals surface area contributed by atoms with E-state index < -0.39 is 86.8 Å². The molecule has 12 unspecified atom stereocenters. The Balaban J connectivity index is 1.58. The lowest BCUT2D eigenvalue weighted by atomic mass is 9.97. The zero-order chi connectivity index (χ0) is 73.0. The molecule has 14 heteroatoms. The molecule has 12 atom stereocenters. The van der Waals surface area contributed by atoms with E-state index >= 15 is 0 Å². The average molecular weight is 1430 g/mol. The van der Waals surface area contributed by atoms with Gasteiger partial charge in [-0.15, -0.1) is 0 Å². The summed E-state index contributed by atoms with van der Waals surface area (Å²) in [6.45, 7) is 2.75. The molecule has 1 amide bonds. The standard InChI is InChI=1S/C87H161NO13/c1-3-5-7-9-11-13-15-17-19-21-23-25-27-29-31-33-35-36-37-38-39-40-41-43-45-47-49-51-53-55-57-59-61-63-65-67-69-71-79(92)88-75(74-98-86-84(97)82(95)85(78(73-90)100-86)101-87-83(96)81(94)80(93)77(72-89)99-87)76(91)70-68-66-64-62-60-58-56-54-52-50-48-46-44-42-34-32-30-28-26-24-22-20-18-16-14-12-10-8-6-4-2/h5,7,11,13,17,19,23,25,68,70,75-78,80-87,89-91,93-97H,3-4,6,8-10,12,14-16,18,20-22,24,26-67,69,71-74H2,1-2H3,(H,88,92)/b7-5-,13-11-,19-17-,25-23-,70-68+. The van der Waals surface area contributed by atoms with Gasteiger partial charge in [-0.1, -0.05) is 389 Å². The molecule has 592 valence electrons. The molecule has 2 heterocycles. The van der Waals surface area contributed by atoms with E-state index in [1.807, 2.05) is 6.08 Å². The summed E-state index contributed by atoms with van der Waals surface area (Å²) >= 11 is 0. The molecule has 2 rings (SSSR count). The number of nitrogens with one attached hydrogen (secondary N) is 1. The minimum absolute atomic E-state index is 0.231. The molecule has 0 aromatic heterocycles. The first-order chi connectivity index (χ1) is 49.6. The number of allylic oxidation sites excluding steroid dienone is 9. The van der Waals surface area contributed by atoms with Gasteiger partial charge in [0.1, 0.15) is 48.8 Å². The van der Waals surface area contributed by atoms with Crippen LogP contribution >= 0.6 is 0 Å². The molecule has 2 saturated heterocycles. The van der Waals surface area contributed by atoms with Crippen LogP contribution in [0.15, 0.2) is 60.8 Å². The molecule has 0 spiro atoms. The van der Waals surface area contributed by atoms with Gasteiger partial charge in [-0.2, -0.15) is 0 Å². The number of rotatable bonds is 73. The number of carbonyl (C=O) groups excluding carboxylic acids is 1. The summed E-state index contributed by atoms with van der Waals surface area (Å²) < 4.78 is 23.0. The van der Waals surface area contributed by atoms with Crippen LogP contribution in [0, 0.1) is 0 Å². The maximum atomic E-state index is 13.4. The summed E-state index contributed by atoms with van der Waals surface area (Å²) in [5.41, 5.74) is 0. The number of aliphatic hydroxyl groups is 8. The van der Waals surface area contributed by atoms with E-state index in [0.29, 0.717) is 6.42 Å². The van der Waals surface area contributed by atoms with Crippen LogP contribution in [-0.4, -0.2) is 140 Å². The number of amides is 1. The predicted molar refractivity (Wildman–Crippen MR) is 420 cm³/mol. The van der Waals surface area contributed by atoms with Gasteiger partial charge in [0.15, 0.2) is 12.6 Å². The normalized spacial score (nSPS) is 22.0. The lowest BCUT2D eigenvalue weighted by Gasteiger charge is -2.46. The number of hydrogen-bond donors (Lipinski definition) is 9. The zero-order valence-corrected chi connectivity index (χ0v) is 65.2. The Morgan fingerprint density at radius 2 is 0.683 bits per heavy atom. The molecule has 0 aliphatic carbocycles. The molecule has 0 aromatic rings. The summed E-state index contributed by atoms with van der Waals surface area (Å²) in [6.07, 6.45) is 80.4. The molecule has 0 saturated carbocycles. The molecular formula is C87H161NO13. The molecule has 0 aromatic carbocycles. The second-order valence-corrected chi connectivity index (χ2v) is 30.3. The van der Waals surface area contributed by atoms with Crippen LogP contribution in [0.4, 0.5) is 0 Å². The third kappa shape index (κ3) is 53.2. The molecular weight excluding hydrogens is 1270 g/mol. The summed E-state index contributed by atoms with van der Waals surface area (Å²) in [4.78, 5) is 13.4. The Morgan fingerprint density at radius 1 is 0.366 bits per heavy atom. The van der Waals surface area contributed by atoms with E-state index in [1.165, 1.54) is 302 Å². The first kappa shape index (κ1) is 94.8. The Bertz CT molecular complexity index is 1930. The second-order valence-electron chi connectivity index (χ2n) is 30.3. The van der Waals surface area contributed by atoms with Crippen molar-refractivity contribution in [2.24, 2.45) is 0 Å². The highest BCUT2D eigenvalue weighted by atomic mass is 16.7. The van der Waals surface area contributed by atoms with Crippen LogP contribution in [-0.2, 0) is 23.7 Å². The number of unbranched alkanes of at least 4 members (excludes halogenated alkanes) is 52. The van der Waals surface area contributed by atoms with Gasteiger partial charge in [-0.05, 0) is 57.8 Å². The van der Waals surface area contributed by atoms with Crippen LogP contribution in [0.1, 0.15) is 393 Å². The van der Waals surface area contributed by atoms with Crippen LogP contribution in [0.2, 0.25) is 0 Å². The van der Waals surface area contributed by atoms with E-state index in [4.69, 9.17) is 18.9 Å². The monoisotopic (exact) mass is 1430 g/mol. The molecule has 0 radical (unpaired) electrons. The summed E-state index contributed by atoms with van der Waals surface area (Å²) in [6, 6.07) is -0.916. The van der Waals surface area contributed by atoms with E-state index in [1.54, 1.807) is 6.08 Å². The minimum atomic E-state index is -1.79. The largest absolute Gasteiger partial charge is 0.394 e. The quantitative estimate of drug-likeness (QED) is 0.0204. The van der Waals surface area contributed by atoms with Crippen LogP contribution in [0.3, 0.4) is 0 Å². The molecule has 9 N–H and O–H groups in total. The summed E-state index contributed by atoms with van der Waals surface area (Å²) in [7, 11) is 0. The number of ether oxygens (including phenoxy) is 4. The van der Waals surface area contributed by atoms with Gasteiger partial charge in [-0.3, -0.25) is 4.79 Å². The van der Waals surface area contributed by atoms with E-state index in [-0.39, 0.29) is 18.9 Å². The molecule has 0 bridgehead atoms. The fraction of sp³-hybridized carbons (Fsp3) is 0.874. The Labute approximate surface area is 619 Å². The third-order valence-corrected chi connectivity index (χ3v) is 21.0. The van der Waals surface area contributed by atoms with E-state index in [2.05, 4.69) is 67.8 Å². The average Bonchev–Trinajstić information content (AvgIpc) is 0.792. The fourth-order valence-corrected chi connectivity index (χ4v) is 14.2. The first-order valence-corrected chi connectivity index (χ1v) is 43.0. The highest BCUT2D eigenvalue weighted by Gasteiger charge is 2.51. The van der Waals surface area contributed by atoms with Crippen molar-refractivity contribution in [3.05, 3.63) is 60.8 Å². The molecule has 2 aliphatic rings. The molecule has 2 fully saturated rings. The molecule has 2 aliphatic heterocycles. The van der Waals surface area contributed by atoms with Crippen molar-refractivity contribution < 1.29 is 64.6 Å². The van der Waals surface area contributed by atoms with Gasteiger partial charge in [0, 0.05) is 6.42 Å². The van der Waals surface area contributed by atoms with Crippen molar-refractivity contribution in [3.8, 4) is 0 Å². The Hall–Kier alpha value is -2.31. The smallest absolute Gasteiger partial charge is 0.220 e. The lowest BCUT2D eigenvalue weighted by molar-refractivity contribution is -0.359. The van der Waals surface area contributed by atoms with Gasteiger partial charge >= 0.3 is 0 Å². The van der Waals surface area contributed by atoms with Gasteiger partial charge in [0.2, 0.25) is 5.91 Å². The minimum Gasteiger partial charge on any atom is -0.394 e. The van der Waals surface area contributed by atoms with Crippen molar-refractivity contribution in [1.29, 1.82) is 0 Å². The van der Waals surface area contributed by atoms with Gasteiger partial charge in [0.05, 0.1) is 32.0 Å². The maximum Gasteiger partial charge on any atom is 0.220 e. The van der Waals surface area contributed by atoms with E-state index in [9.17, 15) is 45.6 Å². The van der Waals surface area contributed by atoms with Crippen LogP contribution < -0.4 is 5.32 Å². The van der Waals surface area contributed by atoms with Crippen LogP contribution in [0.5, 0.6) is 0 Å². The predicted octanol–water partition coefficient (Wildman–Crippen LogP) is 20.3. The maximum absolute atomic E-state index is 13.4. The van der Waals surface area contributed by atoms with Gasteiger partial charge in [0.25, 0.3) is 0 Å². The Morgan fingerprint density at radius 3 is 1.05 bits per heavy atom. The highest BCUT2D eigenvalue weighted by Crippen LogP contribution is 2.30. The molecule has 101 heavy (non-hydrogen) atoms. The zero-order valence-electron chi connectivity index (χ0n) is 65.2. The second kappa shape index (κ2) is 70.7. The number of aliphatic hydroxyl groups excluding tert-OH is 8. The number of carbonyl (C=O) groups is 1. The Kier molecular flexibility index (Phi) is 66.3. The van der Waals surface area contributed by atoms with Crippen molar-refractivity contribution in [2.75, 3.05) is 19.8 Å². The third-order valence-electron chi connectivity index (χ3n) is 21.0. The van der Waals surface area contributed by atoms with E-state index in [0.717, 1.165) is 64.2 Å². The highest BCUT2D eigenvalue weighted by molar-refractivity contribution is 5.76. The first-order valence-electron chi connectivity index (χ1n) is 43.0. The van der Waals surface area contributed by atoms with Gasteiger partial charge < -0.3 is 65.1 Å². The SMILES string of the molecule is CC/C=C\C/C=C\C/C=C\C/C=C\CCCCCCCCCCCCCCCCCCCCCCCCCCC(=O)NC(COC1OC(CO)C(OC2OC(CO)C(O)C(O)C2O)C(O)C1O)C(O)/C=C/CCCCCCCCCCCCCCCCCCCCCCCCCCCCCC.